The van der Waals surface area contributed by atoms with Crippen LogP contribution in [0.25, 0.3) is 22.0 Å². The number of Topliss-reactive ketones (excluding diaryl/α,β-unsaturated/α-hetero) is 1. The molecule has 6 rings (SSSR count). The largest absolute Gasteiger partial charge is 0.378 e. The smallest absolute Gasteiger partial charge is 0.276 e. The number of morpholine rings is 1. The summed E-state index contributed by atoms with van der Waals surface area (Å²) in [4.78, 5) is 36.7. The van der Waals surface area contributed by atoms with Gasteiger partial charge in [-0.1, -0.05) is 31.7 Å². The molecule has 1 aliphatic carbocycles. The van der Waals surface area contributed by atoms with Crippen molar-refractivity contribution >= 4 is 34.0 Å². The molecule has 2 N–H and O–H groups in total. The van der Waals surface area contributed by atoms with Crippen molar-refractivity contribution in [2.24, 2.45) is 5.92 Å². The fraction of sp³-hybridized carbons (Fsp3) is 0.345. The van der Waals surface area contributed by atoms with E-state index < -0.39 is 0 Å². The van der Waals surface area contributed by atoms with E-state index in [0.29, 0.717) is 48.0 Å². The van der Waals surface area contributed by atoms with E-state index in [1.807, 2.05) is 30.6 Å². The summed E-state index contributed by atoms with van der Waals surface area (Å²) >= 11 is 0. The molecule has 194 valence electrons. The minimum atomic E-state index is -0.347. The van der Waals surface area contributed by atoms with Gasteiger partial charge in [-0.2, -0.15) is 5.10 Å². The molecule has 3 aromatic heterocycles. The molecule has 2 fully saturated rings. The number of nitrogens with one attached hydrogen (secondary N) is 2. The monoisotopic (exact) mass is 510 g/mol. The van der Waals surface area contributed by atoms with Gasteiger partial charge < -0.3 is 15.0 Å². The second kappa shape index (κ2) is 10.7. The lowest BCUT2D eigenvalue weighted by Crippen LogP contribution is -2.36. The molecular formula is C29H30N6O3. The first-order chi connectivity index (χ1) is 18.6. The second-order valence-electron chi connectivity index (χ2n) is 10.0. The van der Waals surface area contributed by atoms with E-state index in [9.17, 15) is 9.59 Å². The molecule has 0 atom stereocenters. The molecule has 1 saturated carbocycles. The lowest BCUT2D eigenvalue weighted by atomic mass is 9.99. The zero-order chi connectivity index (χ0) is 25.9. The number of benzene rings is 1. The maximum absolute atomic E-state index is 13.1. The lowest BCUT2D eigenvalue weighted by molar-refractivity contribution is 0.0956. The van der Waals surface area contributed by atoms with E-state index in [0.717, 1.165) is 48.3 Å². The maximum atomic E-state index is 13.1. The summed E-state index contributed by atoms with van der Waals surface area (Å²) in [6, 6.07) is 11.4. The Morgan fingerprint density at radius 3 is 2.63 bits per heavy atom. The number of rotatable bonds is 7. The van der Waals surface area contributed by atoms with Gasteiger partial charge in [-0.15, -0.1) is 0 Å². The first-order valence-electron chi connectivity index (χ1n) is 13.2. The molecule has 2 aliphatic rings. The number of fused-ring (bicyclic) bond motifs is 1. The molecule has 0 unspecified atom stereocenters. The number of carbonyl (C=O) groups excluding carboxylic acids is 2. The van der Waals surface area contributed by atoms with Crippen molar-refractivity contribution in [3.63, 3.8) is 0 Å². The molecule has 9 heteroatoms. The van der Waals surface area contributed by atoms with Crippen molar-refractivity contribution in [2.45, 2.75) is 32.1 Å². The van der Waals surface area contributed by atoms with E-state index in [-0.39, 0.29) is 11.7 Å². The van der Waals surface area contributed by atoms with Gasteiger partial charge in [0.05, 0.1) is 42.5 Å². The van der Waals surface area contributed by atoms with Crippen molar-refractivity contribution < 1.29 is 14.3 Å². The first-order valence-corrected chi connectivity index (χ1v) is 13.2. The highest BCUT2D eigenvalue weighted by atomic mass is 16.5. The number of ether oxygens (including phenoxy) is 1. The van der Waals surface area contributed by atoms with Crippen LogP contribution < -0.4 is 10.2 Å². The number of amides is 1. The van der Waals surface area contributed by atoms with Gasteiger partial charge >= 0.3 is 0 Å². The Balaban J connectivity index is 1.18. The van der Waals surface area contributed by atoms with Gasteiger partial charge in [-0.05, 0) is 41.8 Å². The summed E-state index contributed by atoms with van der Waals surface area (Å²) in [5.41, 5.74) is 4.98. The minimum Gasteiger partial charge on any atom is -0.378 e. The van der Waals surface area contributed by atoms with Crippen LogP contribution in [0.2, 0.25) is 0 Å². The van der Waals surface area contributed by atoms with E-state index in [4.69, 9.17) is 4.74 Å². The predicted octanol–water partition coefficient (Wildman–Crippen LogP) is 4.87. The third kappa shape index (κ3) is 5.15. The molecular weight excluding hydrogens is 480 g/mol. The number of aromatic nitrogens is 4. The second-order valence-corrected chi connectivity index (χ2v) is 10.0. The number of hydrogen-bond acceptors (Lipinski definition) is 7. The first kappa shape index (κ1) is 24.2. The average molecular weight is 511 g/mol. The van der Waals surface area contributed by atoms with Crippen LogP contribution in [-0.2, 0) is 4.74 Å². The fourth-order valence-electron chi connectivity index (χ4n) is 5.35. The maximum Gasteiger partial charge on any atom is 0.276 e. The molecule has 0 bridgehead atoms. The number of ketones is 1. The highest BCUT2D eigenvalue weighted by Crippen LogP contribution is 2.30. The molecule has 1 saturated heterocycles. The van der Waals surface area contributed by atoms with Gasteiger partial charge in [-0.25, -0.2) is 0 Å². The number of carbonyl (C=O) groups is 2. The van der Waals surface area contributed by atoms with E-state index in [1.54, 1.807) is 12.1 Å². The van der Waals surface area contributed by atoms with Gasteiger partial charge in [0, 0.05) is 36.7 Å². The van der Waals surface area contributed by atoms with Gasteiger partial charge in [-0.3, -0.25) is 24.7 Å². The number of H-pyrrole nitrogens is 1. The van der Waals surface area contributed by atoms with Crippen LogP contribution in [0, 0.1) is 5.92 Å². The zero-order valence-electron chi connectivity index (χ0n) is 21.2. The van der Waals surface area contributed by atoms with Crippen molar-refractivity contribution in [3.8, 4) is 11.1 Å². The third-order valence-electron chi connectivity index (χ3n) is 7.47. The summed E-state index contributed by atoms with van der Waals surface area (Å²) in [6.07, 6.45) is 10.4. The fourth-order valence-corrected chi connectivity index (χ4v) is 5.35. The molecule has 0 spiro atoms. The Kier molecular flexibility index (Phi) is 6.83. The highest BCUT2D eigenvalue weighted by Gasteiger charge is 2.21. The van der Waals surface area contributed by atoms with Gasteiger partial charge in [0.15, 0.2) is 11.5 Å². The molecule has 1 aromatic carbocycles. The summed E-state index contributed by atoms with van der Waals surface area (Å²) in [6.45, 7) is 3.08. The zero-order valence-corrected chi connectivity index (χ0v) is 21.2. The van der Waals surface area contributed by atoms with Crippen LogP contribution >= 0.6 is 0 Å². The number of pyridine rings is 2. The summed E-state index contributed by atoms with van der Waals surface area (Å²) in [7, 11) is 0. The quantitative estimate of drug-likeness (QED) is 0.341. The van der Waals surface area contributed by atoms with Crippen LogP contribution in [0.3, 0.4) is 0 Å². The van der Waals surface area contributed by atoms with Crippen LogP contribution in [0.4, 0.5) is 11.4 Å². The molecule has 9 nitrogen and oxygen atoms in total. The van der Waals surface area contributed by atoms with Gasteiger partial charge in [0.25, 0.3) is 5.91 Å². The molecule has 4 aromatic rings. The Hall–Kier alpha value is -4.11. The summed E-state index contributed by atoms with van der Waals surface area (Å²) < 4.78 is 5.46. The van der Waals surface area contributed by atoms with Crippen LogP contribution in [-0.4, -0.2) is 58.2 Å². The SMILES string of the molecule is O=C(CC1CCCC1)c1ccc(NC(=O)c2n[nH]c3ccc(-c4cncc(N5CCOCC5)c4)cc23)cn1. The lowest BCUT2D eigenvalue weighted by Gasteiger charge is -2.28. The standard InChI is InChI=1S/C29H30N6O3/c36-27(13-19-3-1-2-4-19)26-8-6-22(17-31-26)32-29(37)28-24-15-20(5-7-25(24)33-34-28)21-14-23(18-30-16-21)35-9-11-38-12-10-35/h5-8,14-19H,1-4,9-13H2,(H,32,37)(H,33,34). The normalized spacial score (nSPS) is 16.2. The van der Waals surface area contributed by atoms with Gasteiger partial charge in [0.2, 0.25) is 0 Å². The predicted molar refractivity (Wildman–Crippen MR) is 145 cm³/mol. The van der Waals surface area contributed by atoms with Crippen molar-refractivity contribution in [1.29, 1.82) is 0 Å². The number of hydrogen-bond donors (Lipinski definition) is 2. The Morgan fingerprint density at radius 1 is 1.00 bits per heavy atom. The Labute approximate surface area is 220 Å². The molecule has 38 heavy (non-hydrogen) atoms. The summed E-state index contributed by atoms with van der Waals surface area (Å²) in [5, 5.41) is 10.8. The molecule has 0 radical (unpaired) electrons. The molecule has 1 aliphatic heterocycles. The number of anilines is 2. The molecule has 1 amide bonds. The Bertz CT molecular complexity index is 1450. The molecule has 4 heterocycles. The van der Waals surface area contributed by atoms with Crippen LogP contribution in [0.15, 0.2) is 55.0 Å². The van der Waals surface area contributed by atoms with Crippen molar-refractivity contribution in [2.75, 3.05) is 36.5 Å². The van der Waals surface area contributed by atoms with E-state index in [1.165, 1.54) is 19.0 Å². The topological polar surface area (TPSA) is 113 Å². The van der Waals surface area contributed by atoms with Crippen LogP contribution in [0.1, 0.15) is 53.1 Å². The number of aromatic amines is 1. The highest BCUT2D eigenvalue weighted by molar-refractivity contribution is 6.11. The van der Waals surface area contributed by atoms with E-state index >= 15 is 0 Å². The van der Waals surface area contributed by atoms with Crippen molar-refractivity contribution in [1.82, 2.24) is 20.2 Å². The van der Waals surface area contributed by atoms with E-state index in [2.05, 4.69) is 36.4 Å². The Morgan fingerprint density at radius 2 is 1.84 bits per heavy atom. The van der Waals surface area contributed by atoms with Crippen LogP contribution in [0.5, 0.6) is 0 Å². The van der Waals surface area contributed by atoms with Crippen molar-refractivity contribution in [3.05, 3.63) is 66.4 Å². The minimum absolute atomic E-state index is 0.0628. The number of nitrogens with zero attached hydrogens (tertiary/aromatic N) is 4. The third-order valence-corrected chi connectivity index (χ3v) is 7.47. The summed E-state index contributed by atoms with van der Waals surface area (Å²) in [5.74, 6) is 0.187. The van der Waals surface area contributed by atoms with Gasteiger partial charge in [0.1, 0.15) is 5.69 Å². The average Bonchev–Trinajstić information content (AvgIpc) is 3.63.